The molecule has 2 atom stereocenters. The quantitative estimate of drug-likeness (QED) is 0.868. The Morgan fingerprint density at radius 2 is 2.18 bits per heavy atom. The van der Waals surface area contributed by atoms with E-state index < -0.39 is 0 Å². The zero-order valence-corrected chi connectivity index (χ0v) is 11.2. The van der Waals surface area contributed by atoms with Gasteiger partial charge in [0.25, 0.3) is 0 Å². The first-order chi connectivity index (χ1) is 8.08. The second-order valence-electron chi connectivity index (χ2n) is 5.45. The lowest BCUT2D eigenvalue weighted by Gasteiger charge is -2.25. The van der Waals surface area contributed by atoms with Gasteiger partial charge in [-0.05, 0) is 51.3 Å². The summed E-state index contributed by atoms with van der Waals surface area (Å²) in [6.45, 7) is 8.80. The summed E-state index contributed by atoms with van der Waals surface area (Å²) >= 11 is 0. The van der Waals surface area contributed by atoms with Gasteiger partial charge in [-0.1, -0.05) is 23.8 Å². The molecule has 1 fully saturated rings. The molecular formula is C15H24N2. The summed E-state index contributed by atoms with van der Waals surface area (Å²) < 4.78 is 0. The fraction of sp³-hybridized carbons (Fsp3) is 0.600. The van der Waals surface area contributed by atoms with Crippen LogP contribution in [0.4, 0.5) is 0 Å². The molecule has 0 radical (unpaired) electrons. The molecule has 2 unspecified atom stereocenters. The summed E-state index contributed by atoms with van der Waals surface area (Å²) in [7, 11) is 0. The van der Waals surface area contributed by atoms with E-state index in [9.17, 15) is 0 Å². The molecule has 1 heterocycles. The molecule has 0 saturated carbocycles. The van der Waals surface area contributed by atoms with Crippen LogP contribution in [0.25, 0.3) is 0 Å². The molecule has 2 heteroatoms. The highest BCUT2D eigenvalue weighted by molar-refractivity contribution is 5.32. The first-order valence-electron chi connectivity index (χ1n) is 6.64. The number of benzene rings is 1. The molecule has 0 aliphatic carbocycles. The third kappa shape index (κ3) is 2.88. The fourth-order valence-corrected chi connectivity index (χ4v) is 2.86. The molecule has 1 aliphatic rings. The zero-order chi connectivity index (χ0) is 12.4. The number of rotatable bonds is 3. The van der Waals surface area contributed by atoms with Crippen molar-refractivity contribution in [3.05, 3.63) is 34.9 Å². The standard InChI is InChI=1S/C15H24N2/c1-11-6-7-14(12(2)9-11)15(16)10-17-8-4-5-13(17)3/h6-7,9,13,15H,4-5,8,10,16H2,1-3H3. The first-order valence-corrected chi connectivity index (χ1v) is 6.64. The predicted molar refractivity (Wildman–Crippen MR) is 73.1 cm³/mol. The maximum Gasteiger partial charge on any atom is 0.0427 e. The molecule has 2 N–H and O–H groups in total. The van der Waals surface area contributed by atoms with Crippen LogP contribution >= 0.6 is 0 Å². The summed E-state index contributed by atoms with van der Waals surface area (Å²) in [6.07, 6.45) is 2.64. The van der Waals surface area contributed by atoms with E-state index in [0.717, 1.165) is 6.54 Å². The Bertz CT molecular complexity index is 387. The molecule has 1 saturated heterocycles. The summed E-state index contributed by atoms with van der Waals surface area (Å²) in [6, 6.07) is 7.43. The average molecular weight is 232 g/mol. The highest BCUT2D eigenvalue weighted by Crippen LogP contribution is 2.22. The van der Waals surface area contributed by atoms with Crippen molar-refractivity contribution in [3.8, 4) is 0 Å². The number of nitrogens with two attached hydrogens (primary N) is 1. The molecule has 1 aromatic carbocycles. The highest BCUT2D eigenvalue weighted by atomic mass is 15.2. The van der Waals surface area contributed by atoms with Crippen molar-refractivity contribution in [3.63, 3.8) is 0 Å². The van der Waals surface area contributed by atoms with E-state index in [2.05, 4.69) is 43.9 Å². The van der Waals surface area contributed by atoms with Crippen LogP contribution in [0.2, 0.25) is 0 Å². The number of hydrogen-bond acceptors (Lipinski definition) is 2. The lowest BCUT2D eigenvalue weighted by Crippen LogP contribution is -2.34. The van der Waals surface area contributed by atoms with Crippen LogP contribution in [0, 0.1) is 13.8 Å². The van der Waals surface area contributed by atoms with Gasteiger partial charge in [-0.3, -0.25) is 4.90 Å². The SMILES string of the molecule is Cc1ccc(C(N)CN2CCCC2C)c(C)c1. The van der Waals surface area contributed by atoms with Gasteiger partial charge in [-0.2, -0.15) is 0 Å². The van der Waals surface area contributed by atoms with Gasteiger partial charge in [0.15, 0.2) is 0 Å². The van der Waals surface area contributed by atoms with Crippen LogP contribution in [0.5, 0.6) is 0 Å². The van der Waals surface area contributed by atoms with Gasteiger partial charge in [0.2, 0.25) is 0 Å². The Morgan fingerprint density at radius 3 is 2.76 bits per heavy atom. The molecule has 94 valence electrons. The van der Waals surface area contributed by atoms with Crippen molar-refractivity contribution in [2.75, 3.05) is 13.1 Å². The largest absolute Gasteiger partial charge is 0.323 e. The number of likely N-dealkylation sites (tertiary alicyclic amines) is 1. The van der Waals surface area contributed by atoms with Gasteiger partial charge >= 0.3 is 0 Å². The van der Waals surface area contributed by atoms with Gasteiger partial charge in [-0.15, -0.1) is 0 Å². The third-order valence-corrected chi connectivity index (χ3v) is 3.95. The van der Waals surface area contributed by atoms with Crippen LogP contribution in [0.1, 0.15) is 42.5 Å². The molecule has 2 nitrogen and oxygen atoms in total. The van der Waals surface area contributed by atoms with Crippen molar-refractivity contribution >= 4 is 0 Å². The minimum Gasteiger partial charge on any atom is -0.323 e. The van der Waals surface area contributed by atoms with Gasteiger partial charge in [0.1, 0.15) is 0 Å². The second kappa shape index (κ2) is 5.19. The smallest absolute Gasteiger partial charge is 0.0427 e. The highest BCUT2D eigenvalue weighted by Gasteiger charge is 2.22. The molecule has 1 aromatic rings. The summed E-state index contributed by atoms with van der Waals surface area (Å²) in [5, 5.41) is 0. The predicted octanol–water partition coefficient (Wildman–Crippen LogP) is 2.79. The second-order valence-corrected chi connectivity index (χ2v) is 5.45. The molecule has 0 spiro atoms. The molecule has 17 heavy (non-hydrogen) atoms. The van der Waals surface area contributed by atoms with E-state index in [0.29, 0.717) is 6.04 Å². The van der Waals surface area contributed by atoms with Crippen molar-refractivity contribution in [1.82, 2.24) is 4.90 Å². The summed E-state index contributed by atoms with van der Waals surface area (Å²) in [5.74, 6) is 0. The van der Waals surface area contributed by atoms with Crippen molar-refractivity contribution in [2.45, 2.75) is 45.7 Å². The van der Waals surface area contributed by atoms with Crippen molar-refractivity contribution in [2.24, 2.45) is 5.73 Å². The Morgan fingerprint density at radius 1 is 1.41 bits per heavy atom. The van der Waals surface area contributed by atoms with Crippen LogP contribution in [0.15, 0.2) is 18.2 Å². The normalized spacial score (nSPS) is 22.9. The van der Waals surface area contributed by atoms with Crippen LogP contribution in [-0.2, 0) is 0 Å². The zero-order valence-electron chi connectivity index (χ0n) is 11.2. The van der Waals surface area contributed by atoms with Gasteiger partial charge in [-0.25, -0.2) is 0 Å². The molecule has 0 amide bonds. The van der Waals surface area contributed by atoms with Crippen LogP contribution < -0.4 is 5.73 Å². The lowest BCUT2D eigenvalue weighted by atomic mass is 9.99. The van der Waals surface area contributed by atoms with E-state index in [-0.39, 0.29) is 6.04 Å². The van der Waals surface area contributed by atoms with Gasteiger partial charge in [0.05, 0.1) is 0 Å². The summed E-state index contributed by atoms with van der Waals surface area (Å²) in [5.41, 5.74) is 10.3. The number of hydrogen-bond donors (Lipinski definition) is 1. The third-order valence-electron chi connectivity index (χ3n) is 3.95. The van der Waals surface area contributed by atoms with Crippen LogP contribution in [0.3, 0.4) is 0 Å². The van der Waals surface area contributed by atoms with E-state index in [4.69, 9.17) is 5.73 Å². The molecule has 1 aliphatic heterocycles. The Kier molecular flexibility index (Phi) is 3.85. The minimum atomic E-state index is 0.149. The molecule has 0 bridgehead atoms. The summed E-state index contributed by atoms with van der Waals surface area (Å²) in [4.78, 5) is 2.52. The lowest BCUT2D eigenvalue weighted by molar-refractivity contribution is 0.252. The Labute approximate surface area is 105 Å². The minimum absolute atomic E-state index is 0.149. The topological polar surface area (TPSA) is 29.3 Å². The van der Waals surface area contributed by atoms with E-state index >= 15 is 0 Å². The van der Waals surface area contributed by atoms with Gasteiger partial charge in [0, 0.05) is 18.6 Å². The van der Waals surface area contributed by atoms with Gasteiger partial charge < -0.3 is 5.73 Å². The van der Waals surface area contributed by atoms with Crippen molar-refractivity contribution in [1.29, 1.82) is 0 Å². The monoisotopic (exact) mass is 232 g/mol. The number of nitrogens with zero attached hydrogens (tertiary/aromatic N) is 1. The van der Waals surface area contributed by atoms with E-state index in [1.165, 1.54) is 36.1 Å². The molecule has 2 rings (SSSR count). The Hall–Kier alpha value is -0.860. The maximum absolute atomic E-state index is 6.35. The Balaban J connectivity index is 2.06. The first kappa shape index (κ1) is 12.6. The maximum atomic E-state index is 6.35. The van der Waals surface area contributed by atoms with Crippen molar-refractivity contribution < 1.29 is 0 Å². The van der Waals surface area contributed by atoms with E-state index in [1.807, 2.05) is 0 Å². The average Bonchev–Trinajstić information content (AvgIpc) is 2.64. The van der Waals surface area contributed by atoms with Crippen LogP contribution in [-0.4, -0.2) is 24.0 Å². The fourth-order valence-electron chi connectivity index (χ4n) is 2.86. The molecular weight excluding hydrogens is 208 g/mol. The van der Waals surface area contributed by atoms with E-state index in [1.54, 1.807) is 0 Å². The number of aryl methyl sites for hydroxylation is 2. The molecule has 0 aromatic heterocycles.